The Hall–Kier alpha value is -2.97. The second-order valence-corrected chi connectivity index (χ2v) is 8.30. The highest BCUT2D eigenvalue weighted by atomic mass is 19.1. The van der Waals surface area contributed by atoms with E-state index in [0.29, 0.717) is 12.2 Å². The van der Waals surface area contributed by atoms with Gasteiger partial charge in [-0.05, 0) is 50.1 Å². The smallest absolute Gasteiger partial charge is 0.254 e. The lowest BCUT2D eigenvalue weighted by atomic mass is 9.95. The van der Waals surface area contributed by atoms with Crippen molar-refractivity contribution in [2.75, 3.05) is 26.2 Å². The van der Waals surface area contributed by atoms with Crippen molar-refractivity contribution in [3.05, 3.63) is 72.0 Å². The van der Waals surface area contributed by atoms with Crippen LogP contribution < -0.4 is 5.32 Å². The van der Waals surface area contributed by atoms with Gasteiger partial charge in [-0.1, -0.05) is 6.08 Å². The Bertz CT molecular complexity index is 1010. The first-order valence-electron chi connectivity index (χ1n) is 10.7. The number of ether oxygens (including phenoxy) is 1. The third-order valence-electron chi connectivity index (χ3n) is 6.54. The van der Waals surface area contributed by atoms with E-state index >= 15 is 0 Å². The normalized spacial score (nSPS) is 24.7. The third kappa shape index (κ3) is 3.55. The van der Waals surface area contributed by atoms with Crippen LogP contribution in [0.15, 0.2) is 55.0 Å². The zero-order valence-corrected chi connectivity index (χ0v) is 17.5. The molecule has 1 amide bonds. The minimum atomic E-state index is -0.690. The quantitative estimate of drug-likeness (QED) is 0.724. The fourth-order valence-electron chi connectivity index (χ4n) is 4.64. The monoisotopic (exact) mass is 423 g/mol. The molecule has 2 aromatic rings. The summed E-state index contributed by atoms with van der Waals surface area (Å²) >= 11 is 0. The second-order valence-electron chi connectivity index (χ2n) is 8.30. The lowest BCUT2D eigenvalue weighted by Crippen LogP contribution is -2.61. The Morgan fingerprint density at radius 1 is 1.26 bits per heavy atom. The number of dihydropyridines is 1. The van der Waals surface area contributed by atoms with E-state index in [2.05, 4.69) is 32.6 Å². The zero-order chi connectivity index (χ0) is 21.5. The largest absolute Gasteiger partial charge is 0.347 e. The van der Waals surface area contributed by atoms with Crippen LogP contribution in [-0.2, 0) is 4.74 Å². The number of halogens is 1. The minimum absolute atomic E-state index is 0.0173. The van der Waals surface area contributed by atoms with Crippen LogP contribution in [0.25, 0.3) is 5.57 Å². The van der Waals surface area contributed by atoms with Gasteiger partial charge in [-0.3, -0.25) is 14.8 Å². The standard InChI is InChI=1S/C23H26FN5O2/c1-2-31-23(8-7-18(13-25-23)19-14-26-27-15-19)28-11-9-22(10-12-28)16-29(22)21(30)17-3-5-20(24)6-4-17/h3-8,13-15,25H,2,9-12,16H2,1H3,(H,26,27). The van der Waals surface area contributed by atoms with Crippen molar-refractivity contribution in [2.24, 2.45) is 0 Å². The van der Waals surface area contributed by atoms with E-state index in [9.17, 15) is 9.18 Å². The molecule has 2 N–H and O–H groups in total. The van der Waals surface area contributed by atoms with E-state index in [1.165, 1.54) is 12.1 Å². The zero-order valence-electron chi connectivity index (χ0n) is 17.5. The molecule has 8 heteroatoms. The number of aromatic nitrogens is 2. The maximum atomic E-state index is 13.2. The molecule has 3 aliphatic heterocycles. The van der Waals surface area contributed by atoms with Crippen LogP contribution in [-0.4, -0.2) is 63.5 Å². The molecule has 5 rings (SSSR count). The van der Waals surface area contributed by atoms with Gasteiger partial charge in [0.15, 0.2) is 0 Å². The van der Waals surface area contributed by atoms with Crippen molar-refractivity contribution < 1.29 is 13.9 Å². The van der Waals surface area contributed by atoms with Gasteiger partial charge in [0.25, 0.3) is 5.91 Å². The van der Waals surface area contributed by atoms with Crippen LogP contribution in [0, 0.1) is 5.82 Å². The van der Waals surface area contributed by atoms with Crippen LogP contribution in [0.2, 0.25) is 0 Å². The highest BCUT2D eigenvalue weighted by Crippen LogP contribution is 2.44. The highest BCUT2D eigenvalue weighted by Gasteiger charge is 2.57. The predicted octanol–water partition coefficient (Wildman–Crippen LogP) is 2.73. The van der Waals surface area contributed by atoms with Crippen LogP contribution in [0.4, 0.5) is 4.39 Å². The summed E-state index contributed by atoms with van der Waals surface area (Å²) in [6.07, 6.45) is 11.5. The Kier molecular flexibility index (Phi) is 4.91. The molecule has 0 saturated carbocycles. The molecule has 1 spiro atoms. The Morgan fingerprint density at radius 2 is 2.03 bits per heavy atom. The molecule has 2 fully saturated rings. The average molecular weight is 423 g/mol. The van der Waals surface area contributed by atoms with E-state index in [4.69, 9.17) is 4.74 Å². The molecule has 2 saturated heterocycles. The number of hydrogen-bond donors (Lipinski definition) is 2. The van der Waals surface area contributed by atoms with Crippen molar-refractivity contribution in [2.45, 2.75) is 31.2 Å². The molecule has 0 aliphatic carbocycles. The molecule has 7 nitrogen and oxygen atoms in total. The Balaban J connectivity index is 1.25. The van der Waals surface area contributed by atoms with E-state index < -0.39 is 5.85 Å². The van der Waals surface area contributed by atoms with Crippen molar-refractivity contribution in [1.29, 1.82) is 0 Å². The summed E-state index contributed by atoms with van der Waals surface area (Å²) in [5, 5.41) is 10.3. The lowest BCUT2D eigenvalue weighted by Gasteiger charge is -2.46. The van der Waals surface area contributed by atoms with Gasteiger partial charge in [-0.25, -0.2) is 4.39 Å². The summed E-state index contributed by atoms with van der Waals surface area (Å²) in [6.45, 7) is 4.93. The Morgan fingerprint density at radius 3 is 2.65 bits per heavy atom. The molecular weight excluding hydrogens is 397 g/mol. The van der Waals surface area contributed by atoms with E-state index in [1.807, 2.05) is 24.2 Å². The summed E-state index contributed by atoms with van der Waals surface area (Å²) < 4.78 is 19.3. The van der Waals surface area contributed by atoms with E-state index in [-0.39, 0.29) is 17.3 Å². The molecule has 4 heterocycles. The first-order chi connectivity index (χ1) is 15.1. The number of nitrogens with one attached hydrogen (secondary N) is 2. The first kappa shape index (κ1) is 20.0. The number of H-pyrrole nitrogens is 1. The number of aromatic amines is 1. The topological polar surface area (TPSA) is 73.3 Å². The van der Waals surface area contributed by atoms with Crippen molar-refractivity contribution in [3.63, 3.8) is 0 Å². The van der Waals surface area contributed by atoms with Crippen LogP contribution in [0.3, 0.4) is 0 Å². The van der Waals surface area contributed by atoms with Gasteiger partial charge in [-0.15, -0.1) is 0 Å². The molecule has 0 bridgehead atoms. The molecule has 162 valence electrons. The molecule has 0 radical (unpaired) electrons. The summed E-state index contributed by atoms with van der Waals surface area (Å²) in [7, 11) is 0. The van der Waals surface area contributed by atoms with Crippen molar-refractivity contribution in [1.82, 2.24) is 25.3 Å². The number of piperidine rings is 1. The molecule has 31 heavy (non-hydrogen) atoms. The summed E-state index contributed by atoms with van der Waals surface area (Å²) in [5.74, 6) is -1.04. The number of nitrogens with zero attached hydrogens (tertiary/aromatic N) is 3. The SMILES string of the molecule is CCOC1(N2CCC3(CC2)CN3C(=O)c2ccc(F)cc2)C=CC(c2cn[nH]c2)=CN1. The van der Waals surface area contributed by atoms with E-state index in [1.54, 1.807) is 18.3 Å². The van der Waals surface area contributed by atoms with Gasteiger partial charge in [0, 0.05) is 55.3 Å². The van der Waals surface area contributed by atoms with E-state index in [0.717, 1.165) is 43.6 Å². The van der Waals surface area contributed by atoms with Gasteiger partial charge in [0.05, 0.1) is 11.7 Å². The third-order valence-corrected chi connectivity index (χ3v) is 6.54. The first-order valence-corrected chi connectivity index (χ1v) is 10.7. The second kappa shape index (κ2) is 7.62. The van der Waals surface area contributed by atoms with Gasteiger partial charge in [0.2, 0.25) is 5.85 Å². The van der Waals surface area contributed by atoms with Crippen molar-refractivity contribution in [3.8, 4) is 0 Å². The number of benzene rings is 1. The van der Waals surface area contributed by atoms with Crippen molar-refractivity contribution >= 4 is 11.5 Å². The number of likely N-dealkylation sites (tertiary alicyclic amines) is 1. The molecule has 1 aromatic carbocycles. The molecular formula is C23H26FN5O2. The van der Waals surface area contributed by atoms with Crippen LogP contribution >= 0.6 is 0 Å². The molecule has 1 atom stereocenters. The number of carbonyl (C=O) groups is 1. The number of hydrogen-bond acceptors (Lipinski definition) is 5. The maximum absolute atomic E-state index is 13.2. The summed E-state index contributed by atoms with van der Waals surface area (Å²) in [4.78, 5) is 17.0. The van der Waals surface area contributed by atoms with Crippen LogP contribution in [0.1, 0.15) is 35.7 Å². The number of rotatable bonds is 5. The number of amides is 1. The molecule has 1 unspecified atom stereocenters. The van der Waals surface area contributed by atoms with Gasteiger partial charge < -0.3 is 15.0 Å². The Labute approximate surface area is 180 Å². The number of carbonyl (C=O) groups excluding carboxylic acids is 1. The van der Waals surface area contributed by atoms with Crippen LogP contribution in [0.5, 0.6) is 0 Å². The maximum Gasteiger partial charge on any atom is 0.254 e. The predicted molar refractivity (Wildman–Crippen MR) is 114 cm³/mol. The fraction of sp³-hybridized carbons (Fsp3) is 0.391. The summed E-state index contributed by atoms with van der Waals surface area (Å²) in [5.41, 5.74) is 2.50. The van der Waals surface area contributed by atoms with Gasteiger partial charge >= 0.3 is 0 Å². The summed E-state index contributed by atoms with van der Waals surface area (Å²) in [6, 6.07) is 5.79. The average Bonchev–Trinajstić information content (AvgIpc) is 3.21. The van der Waals surface area contributed by atoms with Gasteiger partial charge in [0.1, 0.15) is 5.82 Å². The highest BCUT2D eigenvalue weighted by molar-refractivity contribution is 5.96. The number of allylic oxidation sites excluding steroid dienone is 2. The fourth-order valence-corrected chi connectivity index (χ4v) is 4.64. The molecule has 1 aromatic heterocycles. The molecule has 3 aliphatic rings. The minimum Gasteiger partial charge on any atom is -0.347 e. The lowest BCUT2D eigenvalue weighted by molar-refractivity contribution is -0.142. The van der Waals surface area contributed by atoms with Gasteiger partial charge in [-0.2, -0.15) is 5.10 Å².